The first kappa shape index (κ1) is 23.2. The summed E-state index contributed by atoms with van der Waals surface area (Å²) in [4.78, 5) is 14.2. The minimum absolute atomic E-state index is 0.0103. The first-order chi connectivity index (χ1) is 16.5. The van der Waals surface area contributed by atoms with Gasteiger partial charge in [0.05, 0.1) is 26.4 Å². The van der Waals surface area contributed by atoms with Crippen molar-refractivity contribution in [1.29, 1.82) is 0 Å². The molecule has 1 fully saturated rings. The van der Waals surface area contributed by atoms with Gasteiger partial charge in [-0.15, -0.1) is 5.10 Å². The molecule has 13 nitrogen and oxygen atoms in total. The van der Waals surface area contributed by atoms with Crippen molar-refractivity contribution in [2.75, 3.05) is 19.9 Å². The van der Waals surface area contributed by atoms with E-state index in [1.54, 1.807) is 12.1 Å². The van der Waals surface area contributed by atoms with E-state index in [1.807, 2.05) is 0 Å². The largest absolute Gasteiger partial charge is 0.504 e. The van der Waals surface area contributed by atoms with E-state index in [2.05, 4.69) is 38.2 Å². The average molecular weight is 471 g/mol. The molecule has 2 aromatic heterocycles. The average Bonchev–Trinajstić information content (AvgIpc) is 3.46. The maximum absolute atomic E-state index is 13.0. The van der Waals surface area contributed by atoms with Gasteiger partial charge in [-0.25, -0.2) is 10.1 Å². The van der Waals surface area contributed by atoms with Gasteiger partial charge < -0.3 is 20.5 Å². The number of nitrogens with zero attached hydrogens (tertiary/aromatic N) is 6. The number of hydrazone groups is 1. The Balaban J connectivity index is 1.56. The number of benzene rings is 1. The summed E-state index contributed by atoms with van der Waals surface area (Å²) < 4.78 is 11.2. The van der Waals surface area contributed by atoms with Gasteiger partial charge in [0.15, 0.2) is 17.2 Å². The van der Waals surface area contributed by atoms with Crippen LogP contribution in [-0.2, 0) is 6.54 Å². The highest BCUT2D eigenvalue weighted by Gasteiger charge is 2.29. The summed E-state index contributed by atoms with van der Waals surface area (Å²) in [5.41, 5.74) is 9.61. The van der Waals surface area contributed by atoms with Crippen molar-refractivity contribution >= 4 is 17.9 Å². The number of phenolic OH excluding ortho intramolecular Hbond substituents is 1. The van der Waals surface area contributed by atoms with Crippen LogP contribution in [0.1, 0.15) is 53.8 Å². The molecule has 0 spiro atoms. The Morgan fingerprint density at radius 3 is 2.88 bits per heavy atom. The zero-order valence-electron chi connectivity index (χ0n) is 19.1. The van der Waals surface area contributed by atoms with Gasteiger partial charge in [0.2, 0.25) is 11.6 Å². The number of ether oxygens (including phenoxy) is 1. The van der Waals surface area contributed by atoms with Crippen LogP contribution in [0.4, 0.5) is 5.82 Å². The number of carbonyl (C=O) groups excluding carboxylic acids is 1. The van der Waals surface area contributed by atoms with Gasteiger partial charge in [0, 0.05) is 0 Å². The molecule has 5 N–H and O–H groups in total. The Kier molecular flexibility index (Phi) is 7.01. The Morgan fingerprint density at radius 2 is 2.18 bits per heavy atom. The number of quaternary nitrogens is 1. The fourth-order valence-corrected chi connectivity index (χ4v) is 4.14. The van der Waals surface area contributed by atoms with Gasteiger partial charge in [-0.05, 0) is 59.8 Å². The normalized spacial score (nSPS) is 15.5. The fourth-order valence-electron chi connectivity index (χ4n) is 4.14. The first-order valence-electron chi connectivity index (χ1n) is 11.0. The molecule has 0 bridgehead atoms. The molecule has 1 aliphatic carbocycles. The van der Waals surface area contributed by atoms with Crippen LogP contribution >= 0.6 is 0 Å². The number of hydrogen-bond acceptors (Lipinski definition) is 10. The lowest BCUT2D eigenvalue weighted by molar-refractivity contribution is -0.921. The molecule has 13 heteroatoms. The molecule has 2 heterocycles. The topological polar surface area (TPSA) is 171 Å². The van der Waals surface area contributed by atoms with E-state index >= 15 is 0 Å². The van der Waals surface area contributed by atoms with Crippen molar-refractivity contribution in [3.8, 4) is 17.3 Å². The summed E-state index contributed by atoms with van der Waals surface area (Å²) in [5, 5.41) is 29.3. The predicted octanol–water partition coefficient (Wildman–Crippen LogP) is 0.0580. The number of phenols is 1. The Morgan fingerprint density at radius 1 is 1.38 bits per heavy atom. The maximum Gasteiger partial charge on any atom is 0.294 e. The standard InChI is InChI=1S/C21H27N9O4/c1-29(14-6-4-3-5-7-14)12-15-18(24-28-30(15)20-19(22)26-34-27-20)21(32)25-23-11-13-8-9-16(31)17(10-13)33-2/h8-11,14,31H,3-7,12H2,1-2H3,(H2,22,26)(H,25,32)/p+1/b23-11+. The molecular weight excluding hydrogens is 442 g/mol. The van der Waals surface area contributed by atoms with E-state index in [1.165, 1.54) is 48.2 Å². The molecule has 1 atom stereocenters. The van der Waals surface area contributed by atoms with Gasteiger partial charge in [0.1, 0.15) is 12.2 Å². The fraction of sp³-hybridized carbons (Fsp3) is 0.429. The number of rotatable bonds is 8. The maximum atomic E-state index is 13.0. The molecule has 180 valence electrons. The third-order valence-electron chi connectivity index (χ3n) is 6.01. The van der Waals surface area contributed by atoms with Crippen molar-refractivity contribution < 1.29 is 24.2 Å². The van der Waals surface area contributed by atoms with Crippen LogP contribution < -0.4 is 20.8 Å². The molecule has 1 saturated carbocycles. The smallest absolute Gasteiger partial charge is 0.294 e. The van der Waals surface area contributed by atoms with E-state index in [-0.39, 0.29) is 23.1 Å². The van der Waals surface area contributed by atoms with Crippen LogP contribution in [0.3, 0.4) is 0 Å². The van der Waals surface area contributed by atoms with Crippen LogP contribution in [0.15, 0.2) is 27.9 Å². The molecule has 0 aliphatic heterocycles. The van der Waals surface area contributed by atoms with Gasteiger partial charge in [-0.2, -0.15) is 9.78 Å². The third-order valence-corrected chi connectivity index (χ3v) is 6.01. The molecule has 4 rings (SSSR count). The summed E-state index contributed by atoms with van der Waals surface area (Å²) in [6, 6.07) is 5.18. The number of aromatic nitrogens is 5. The quantitative estimate of drug-likeness (QED) is 0.262. The molecular formula is C21H28N9O4+. The second-order valence-electron chi connectivity index (χ2n) is 8.26. The van der Waals surface area contributed by atoms with Crippen LogP contribution in [0.25, 0.3) is 5.82 Å². The number of amides is 1. The van der Waals surface area contributed by atoms with Crippen LogP contribution in [0, 0.1) is 0 Å². The van der Waals surface area contributed by atoms with Crippen LogP contribution in [-0.4, -0.2) is 62.7 Å². The lowest BCUT2D eigenvalue weighted by atomic mass is 9.94. The summed E-state index contributed by atoms with van der Waals surface area (Å²) in [5.74, 6) is 0.00399. The second-order valence-corrected chi connectivity index (χ2v) is 8.26. The molecule has 34 heavy (non-hydrogen) atoms. The van der Waals surface area contributed by atoms with Crippen molar-refractivity contribution in [3.05, 3.63) is 35.2 Å². The highest BCUT2D eigenvalue weighted by atomic mass is 16.6. The molecule has 1 aliphatic rings. The van der Waals surface area contributed by atoms with E-state index in [0.717, 1.165) is 12.8 Å². The zero-order valence-corrected chi connectivity index (χ0v) is 19.1. The number of carbonyl (C=O) groups is 1. The molecule has 1 unspecified atom stereocenters. The van der Waals surface area contributed by atoms with Crippen molar-refractivity contribution in [2.45, 2.75) is 44.7 Å². The number of nitrogens with two attached hydrogens (primary N) is 1. The van der Waals surface area contributed by atoms with E-state index in [9.17, 15) is 9.90 Å². The summed E-state index contributed by atoms with van der Waals surface area (Å²) in [7, 11) is 3.54. The highest BCUT2D eigenvalue weighted by Crippen LogP contribution is 2.25. The number of aromatic hydroxyl groups is 1. The summed E-state index contributed by atoms with van der Waals surface area (Å²) in [6.45, 7) is 0.478. The molecule has 0 saturated heterocycles. The van der Waals surface area contributed by atoms with Crippen LogP contribution in [0.5, 0.6) is 11.5 Å². The highest BCUT2D eigenvalue weighted by molar-refractivity contribution is 5.94. The van der Waals surface area contributed by atoms with E-state index in [0.29, 0.717) is 29.6 Å². The first-order valence-corrected chi connectivity index (χ1v) is 11.0. The lowest BCUT2D eigenvalue weighted by Crippen LogP contribution is -3.11. The Hall–Kier alpha value is -4.00. The van der Waals surface area contributed by atoms with Crippen molar-refractivity contribution in [3.63, 3.8) is 0 Å². The molecule has 1 amide bonds. The minimum atomic E-state index is -0.533. The van der Waals surface area contributed by atoms with Crippen molar-refractivity contribution in [2.24, 2.45) is 5.10 Å². The number of hydrogen-bond donors (Lipinski definition) is 4. The molecule has 1 aromatic carbocycles. The number of anilines is 1. The predicted molar refractivity (Wildman–Crippen MR) is 121 cm³/mol. The Labute approximate surface area is 195 Å². The van der Waals surface area contributed by atoms with Crippen molar-refractivity contribution in [1.82, 2.24) is 30.7 Å². The number of nitrogens with one attached hydrogen (secondary N) is 2. The lowest BCUT2D eigenvalue weighted by Gasteiger charge is -2.28. The van der Waals surface area contributed by atoms with Crippen LogP contribution in [0.2, 0.25) is 0 Å². The summed E-state index contributed by atoms with van der Waals surface area (Å²) in [6.07, 6.45) is 7.34. The molecule has 3 aromatic rings. The third kappa shape index (κ3) is 4.98. The van der Waals surface area contributed by atoms with Gasteiger partial charge in [-0.3, -0.25) is 4.79 Å². The van der Waals surface area contributed by atoms with E-state index in [4.69, 9.17) is 15.1 Å². The SMILES string of the molecule is COc1cc(/C=N/NC(=O)c2nnn(-c3nonc3N)c2C[NH+](C)C2CCCCC2)ccc1O. The monoisotopic (exact) mass is 470 g/mol. The minimum Gasteiger partial charge on any atom is -0.504 e. The zero-order chi connectivity index (χ0) is 24.1. The second kappa shape index (κ2) is 10.3. The van der Waals surface area contributed by atoms with Gasteiger partial charge >= 0.3 is 0 Å². The van der Waals surface area contributed by atoms with Gasteiger partial charge in [-0.1, -0.05) is 11.6 Å². The number of methoxy groups -OCH3 is 1. The van der Waals surface area contributed by atoms with E-state index < -0.39 is 5.91 Å². The summed E-state index contributed by atoms with van der Waals surface area (Å²) >= 11 is 0. The van der Waals surface area contributed by atoms with Gasteiger partial charge in [0.25, 0.3) is 5.91 Å². The molecule has 0 radical (unpaired) electrons. The Bertz CT molecular complexity index is 1170. The number of nitrogen functional groups attached to an aromatic ring is 1.